The zero-order chi connectivity index (χ0) is 11.5. The molecule has 0 fully saturated rings. The molecule has 0 radical (unpaired) electrons. The van der Waals surface area contributed by atoms with Crippen LogP contribution >= 0.6 is 11.3 Å². The molecule has 1 N–H and O–H groups in total. The highest BCUT2D eigenvalue weighted by Gasteiger charge is 2.17. The number of aryl methyl sites for hydroxylation is 1. The van der Waals surface area contributed by atoms with Crippen LogP contribution in [0.15, 0.2) is 18.3 Å². The summed E-state index contributed by atoms with van der Waals surface area (Å²) in [5.74, 6) is -0.296. The number of carbonyl (C=O) groups excluding carboxylic acids is 1. The maximum absolute atomic E-state index is 11.6. The second-order valence-corrected chi connectivity index (χ2v) is 4.24. The van der Waals surface area contributed by atoms with Crippen molar-refractivity contribution in [1.29, 1.82) is 0 Å². The molecule has 0 atom stereocenters. The second-order valence-electron chi connectivity index (χ2n) is 3.24. The van der Waals surface area contributed by atoms with Gasteiger partial charge in [-0.05, 0) is 26.0 Å². The lowest BCUT2D eigenvalue weighted by molar-refractivity contribution is 0.0531. The first-order valence-corrected chi connectivity index (χ1v) is 5.82. The van der Waals surface area contributed by atoms with E-state index in [1.54, 1.807) is 6.92 Å². The summed E-state index contributed by atoms with van der Waals surface area (Å²) in [5.41, 5.74) is 1.64. The number of thiazole rings is 1. The lowest BCUT2D eigenvalue weighted by Gasteiger charge is -1.97. The fourth-order valence-corrected chi connectivity index (χ4v) is 2.31. The normalized spacial score (nSPS) is 10.4. The molecule has 0 aliphatic rings. The van der Waals surface area contributed by atoms with E-state index in [1.165, 1.54) is 11.3 Å². The monoisotopic (exact) mass is 236 g/mol. The molecule has 0 saturated heterocycles. The largest absolute Gasteiger partial charge is 0.462 e. The van der Waals surface area contributed by atoms with Gasteiger partial charge in [-0.3, -0.25) is 0 Å². The molecule has 0 unspecified atom stereocenters. The Balaban J connectivity index is 2.32. The molecule has 16 heavy (non-hydrogen) atoms. The van der Waals surface area contributed by atoms with Crippen molar-refractivity contribution < 1.29 is 9.53 Å². The zero-order valence-corrected chi connectivity index (χ0v) is 9.93. The number of hydrogen-bond donors (Lipinski definition) is 1. The Morgan fingerprint density at radius 1 is 1.62 bits per heavy atom. The molecule has 0 spiro atoms. The molecule has 0 amide bonds. The molecule has 2 heterocycles. The van der Waals surface area contributed by atoms with E-state index in [9.17, 15) is 4.79 Å². The number of nitrogens with zero attached hydrogens (tertiary/aromatic N) is 1. The van der Waals surface area contributed by atoms with E-state index in [0.29, 0.717) is 17.2 Å². The SMILES string of the molecule is CCOC(=O)c1sc(-c2ccc[nH]2)nc1C. The summed E-state index contributed by atoms with van der Waals surface area (Å²) in [5, 5.41) is 0.811. The van der Waals surface area contributed by atoms with Gasteiger partial charge in [0.15, 0.2) is 0 Å². The van der Waals surface area contributed by atoms with E-state index < -0.39 is 0 Å². The van der Waals surface area contributed by atoms with Crippen LogP contribution in [0.4, 0.5) is 0 Å². The van der Waals surface area contributed by atoms with Crippen LogP contribution in [-0.2, 0) is 4.74 Å². The lowest BCUT2D eigenvalue weighted by Crippen LogP contribution is -2.03. The molecule has 2 aromatic heterocycles. The van der Waals surface area contributed by atoms with Crippen molar-refractivity contribution >= 4 is 17.3 Å². The lowest BCUT2D eigenvalue weighted by atomic mass is 10.4. The molecular formula is C11H12N2O2S. The molecule has 2 rings (SSSR count). The Labute approximate surface area is 97.3 Å². The third-order valence-corrected chi connectivity index (χ3v) is 3.26. The summed E-state index contributed by atoms with van der Waals surface area (Å²) < 4.78 is 4.96. The van der Waals surface area contributed by atoms with E-state index in [4.69, 9.17) is 4.74 Å². The minimum Gasteiger partial charge on any atom is -0.462 e. The van der Waals surface area contributed by atoms with E-state index in [-0.39, 0.29) is 5.97 Å². The Morgan fingerprint density at radius 2 is 2.44 bits per heavy atom. The molecular weight excluding hydrogens is 224 g/mol. The maximum atomic E-state index is 11.6. The van der Waals surface area contributed by atoms with Crippen molar-refractivity contribution in [2.75, 3.05) is 6.61 Å². The van der Waals surface area contributed by atoms with Crippen molar-refractivity contribution in [2.24, 2.45) is 0 Å². The van der Waals surface area contributed by atoms with E-state index >= 15 is 0 Å². The number of rotatable bonds is 3. The van der Waals surface area contributed by atoms with Crippen LogP contribution in [0.2, 0.25) is 0 Å². The summed E-state index contributed by atoms with van der Waals surface area (Å²) in [6.45, 7) is 3.99. The highest BCUT2D eigenvalue weighted by molar-refractivity contribution is 7.17. The van der Waals surface area contributed by atoms with Crippen LogP contribution in [-0.4, -0.2) is 22.5 Å². The van der Waals surface area contributed by atoms with Gasteiger partial charge in [0, 0.05) is 6.20 Å². The minimum atomic E-state index is -0.296. The predicted octanol–water partition coefficient (Wildman–Crippen LogP) is 2.62. The van der Waals surface area contributed by atoms with Gasteiger partial charge in [0.1, 0.15) is 9.88 Å². The fraction of sp³-hybridized carbons (Fsp3) is 0.273. The quantitative estimate of drug-likeness (QED) is 0.833. The van der Waals surface area contributed by atoms with Gasteiger partial charge in [0.2, 0.25) is 0 Å². The van der Waals surface area contributed by atoms with Crippen molar-refractivity contribution in [1.82, 2.24) is 9.97 Å². The molecule has 2 aromatic rings. The highest BCUT2D eigenvalue weighted by atomic mass is 32.1. The molecule has 4 nitrogen and oxygen atoms in total. The first kappa shape index (κ1) is 10.9. The summed E-state index contributed by atoms with van der Waals surface area (Å²) in [4.78, 5) is 19.6. The third kappa shape index (κ3) is 1.99. The number of carbonyl (C=O) groups is 1. The molecule has 0 aromatic carbocycles. The maximum Gasteiger partial charge on any atom is 0.350 e. The number of esters is 1. The summed E-state index contributed by atoms with van der Waals surface area (Å²) >= 11 is 1.35. The van der Waals surface area contributed by atoms with Gasteiger partial charge < -0.3 is 9.72 Å². The van der Waals surface area contributed by atoms with E-state index in [1.807, 2.05) is 25.3 Å². The number of aromatic amines is 1. The second kappa shape index (κ2) is 4.49. The van der Waals surface area contributed by atoms with Crippen LogP contribution in [0.1, 0.15) is 22.3 Å². The Kier molecular flexibility index (Phi) is 3.05. The van der Waals surface area contributed by atoms with Gasteiger partial charge in [-0.15, -0.1) is 11.3 Å². The van der Waals surface area contributed by atoms with Gasteiger partial charge in [0.05, 0.1) is 18.0 Å². The van der Waals surface area contributed by atoms with Gasteiger partial charge >= 0.3 is 5.97 Å². The van der Waals surface area contributed by atoms with Gasteiger partial charge in [-0.1, -0.05) is 0 Å². The van der Waals surface area contributed by atoms with Crippen LogP contribution < -0.4 is 0 Å². The smallest absolute Gasteiger partial charge is 0.350 e. The topological polar surface area (TPSA) is 55.0 Å². The summed E-state index contributed by atoms with van der Waals surface area (Å²) in [7, 11) is 0. The summed E-state index contributed by atoms with van der Waals surface area (Å²) in [6.07, 6.45) is 1.83. The van der Waals surface area contributed by atoms with Crippen LogP contribution in [0.3, 0.4) is 0 Å². The Bertz CT molecular complexity index is 488. The van der Waals surface area contributed by atoms with Crippen molar-refractivity contribution in [3.05, 3.63) is 28.9 Å². The van der Waals surface area contributed by atoms with E-state index in [2.05, 4.69) is 9.97 Å². The number of nitrogens with one attached hydrogen (secondary N) is 1. The molecule has 5 heteroatoms. The van der Waals surface area contributed by atoms with E-state index in [0.717, 1.165) is 10.7 Å². The number of aromatic nitrogens is 2. The first-order valence-electron chi connectivity index (χ1n) is 5.00. The predicted molar refractivity (Wildman–Crippen MR) is 62.6 cm³/mol. The molecule has 0 saturated carbocycles. The number of ether oxygens (including phenoxy) is 1. The molecule has 84 valence electrons. The summed E-state index contributed by atoms with van der Waals surface area (Å²) in [6, 6.07) is 3.82. The number of H-pyrrole nitrogens is 1. The molecule has 0 aliphatic heterocycles. The van der Waals surface area contributed by atoms with Gasteiger partial charge in [-0.25, -0.2) is 9.78 Å². The fourth-order valence-electron chi connectivity index (χ4n) is 1.36. The molecule has 0 aliphatic carbocycles. The van der Waals surface area contributed by atoms with Crippen LogP contribution in [0, 0.1) is 6.92 Å². The third-order valence-electron chi connectivity index (χ3n) is 2.09. The minimum absolute atomic E-state index is 0.296. The Hall–Kier alpha value is -1.62. The highest BCUT2D eigenvalue weighted by Crippen LogP contribution is 2.27. The average Bonchev–Trinajstić information content (AvgIpc) is 2.86. The first-order chi connectivity index (χ1) is 7.72. The van der Waals surface area contributed by atoms with Gasteiger partial charge in [-0.2, -0.15) is 0 Å². The van der Waals surface area contributed by atoms with Crippen LogP contribution in [0.25, 0.3) is 10.7 Å². The standard InChI is InChI=1S/C11H12N2O2S/c1-3-15-11(14)9-7(2)13-10(16-9)8-5-4-6-12-8/h4-6,12H,3H2,1-2H3. The Morgan fingerprint density at radius 3 is 3.06 bits per heavy atom. The number of hydrogen-bond acceptors (Lipinski definition) is 4. The van der Waals surface area contributed by atoms with Crippen molar-refractivity contribution in [3.63, 3.8) is 0 Å². The average molecular weight is 236 g/mol. The van der Waals surface area contributed by atoms with Crippen molar-refractivity contribution in [3.8, 4) is 10.7 Å². The zero-order valence-electron chi connectivity index (χ0n) is 9.11. The van der Waals surface area contributed by atoms with Crippen LogP contribution in [0.5, 0.6) is 0 Å². The van der Waals surface area contributed by atoms with Crippen molar-refractivity contribution in [2.45, 2.75) is 13.8 Å². The van der Waals surface area contributed by atoms with Gasteiger partial charge in [0.25, 0.3) is 0 Å². The molecule has 0 bridgehead atoms.